The second-order valence-corrected chi connectivity index (χ2v) is 9.27. The third kappa shape index (κ3) is 6.20. The van der Waals surface area contributed by atoms with Crippen LogP contribution in [-0.4, -0.2) is 71.9 Å². The number of nitrogens with one attached hydrogen (secondary N) is 1. The molecule has 0 radical (unpaired) electrons. The minimum Gasteiger partial charge on any atom is -0.494 e. The van der Waals surface area contributed by atoms with E-state index in [1.165, 1.54) is 10.7 Å². The fourth-order valence-corrected chi connectivity index (χ4v) is 4.19. The number of hydrogen-bond donors (Lipinski definition) is 1. The predicted octanol–water partition coefficient (Wildman–Crippen LogP) is 4.55. The molecule has 1 aliphatic heterocycles. The summed E-state index contributed by atoms with van der Waals surface area (Å²) in [6, 6.07) is 11.4. The minimum absolute atomic E-state index is 0.268. The first-order chi connectivity index (χ1) is 16.8. The SMILES string of the molecule is Cc1nn(-c2ccc(NC(=O)c3ccc(OCCCN4CCN(C)CC4)cc3)cc2F)c(C)c1Cl. The van der Waals surface area contributed by atoms with Crippen LogP contribution in [0.3, 0.4) is 0 Å². The molecule has 1 aliphatic rings. The number of carbonyl (C=O) groups excluding carboxylic acids is 1. The van der Waals surface area contributed by atoms with Gasteiger partial charge in [0.1, 0.15) is 11.4 Å². The third-order valence-corrected chi connectivity index (χ3v) is 6.78. The Morgan fingerprint density at radius 3 is 2.46 bits per heavy atom. The Morgan fingerprint density at radius 2 is 1.83 bits per heavy atom. The molecule has 0 saturated carbocycles. The smallest absolute Gasteiger partial charge is 0.255 e. The van der Waals surface area contributed by atoms with E-state index in [9.17, 15) is 9.18 Å². The summed E-state index contributed by atoms with van der Waals surface area (Å²) in [4.78, 5) is 17.4. The number of anilines is 1. The van der Waals surface area contributed by atoms with E-state index in [4.69, 9.17) is 16.3 Å². The lowest BCUT2D eigenvalue weighted by molar-refractivity contribution is 0.102. The number of aryl methyl sites for hydroxylation is 1. The molecular weight excluding hydrogens is 469 g/mol. The standard InChI is InChI=1S/C26H31ClFN5O2/c1-18-25(27)19(2)33(30-18)24-10-7-21(17-23(24)28)29-26(34)20-5-8-22(9-6-20)35-16-4-11-32-14-12-31(3)13-15-32/h5-10,17H,4,11-16H2,1-3H3,(H,29,34). The summed E-state index contributed by atoms with van der Waals surface area (Å²) in [6.07, 6.45) is 0.956. The van der Waals surface area contributed by atoms with Crippen LogP contribution in [0.1, 0.15) is 28.2 Å². The molecule has 1 N–H and O–H groups in total. The Bertz CT molecular complexity index is 1170. The number of halogens is 2. The first-order valence-corrected chi connectivity index (χ1v) is 12.2. The van der Waals surface area contributed by atoms with Crippen molar-refractivity contribution in [3.05, 3.63) is 70.3 Å². The normalized spacial score (nSPS) is 14.8. The van der Waals surface area contributed by atoms with Crippen LogP contribution >= 0.6 is 11.6 Å². The van der Waals surface area contributed by atoms with E-state index < -0.39 is 5.82 Å². The van der Waals surface area contributed by atoms with Gasteiger partial charge in [0.2, 0.25) is 0 Å². The van der Waals surface area contributed by atoms with E-state index >= 15 is 0 Å². The Morgan fingerprint density at radius 1 is 1.11 bits per heavy atom. The van der Waals surface area contributed by atoms with Crippen molar-refractivity contribution in [2.45, 2.75) is 20.3 Å². The lowest BCUT2D eigenvalue weighted by Gasteiger charge is -2.32. The number of rotatable bonds is 8. The van der Waals surface area contributed by atoms with Crippen LogP contribution < -0.4 is 10.1 Å². The topological polar surface area (TPSA) is 62.6 Å². The zero-order valence-corrected chi connectivity index (χ0v) is 21.1. The van der Waals surface area contributed by atoms with Gasteiger partial charge >= 0.3 is 0 Å². The van der Waals surface area contributed by atoms with Crippen molar-refractivity contribution in [3.63, 3.8) is 0 Å². The molecule has 0 spiro atoms. The quantitative estimate of drug-likeness (QED) is 0.461. The summed E-state index contributed by atoms with van der Waals surface area (Å²) in [5.74, 6) is -0.114. The van der Waals surface area contributed by atoms with Crippen LogP contribution in [0, 0.1) is 19.7 Å². The number of likely N-dealkylation sites (N-methyl/N-ethyl adjacent to an activating group) is 1. The van der Waals surface area contributed by atoms with Gasteiger partial charge in [-0.15, -0.1) is 0 Å². The molecule has 0 atom stereocenters. The Kier molecular flexibility index (Phi) is 8.05. The van der Waals surface area contributed by atoms with Crippen molar-refractivity contribution in [1.82, 2.24) is 19.6 Å². The Labute approximate surface area is 210 Å². The number of aromatic nitrogens is 2. The van der Waals surface area contributed by atoms with Gasteiger partial charge in [0.25, 0.3) is 5.91 Å². The number of hydrogen-bond acceptors (Lipinski definition) is 5. The molecule has 35 heavy (non-hydrogen) atoms. The fraction of sp³-hybridized carbons (Fsp3) is 0.385. The van der Waals surface area contributed by atoms with E-state index in [1.54, 1.807) is 50.2 Å². The summed E-state index contributed by atoms with van der Waals surface area (Å²) >= 11 is 6.18. The van der Waals surface area contributed by atoms with Crippen molar-refractivity contribution in [2.24, 2.45) is 0 Å². The molecule has 7 nitrogen and oxygen atoms in total. The first kappa shape index (κ1) is 25.2. The van der Waals surface area contributed by atoms with Crippen LogP contribution in [0.4, 0.5) is 10.1 Å². The predicted molar refractivity (Wildman–Crippen MR) is 136 cm³/mol. The summed E-state index contributed by atoms with van der Waals surface area (Å²) < 4.78 is 22.1. The summed E-state index contributed by atoms with van der Waals surface area (Å²) in [5.41, 5.74) is 2.37. The Hall–Kier alpha value is -2.94. The largest absolute Gasteiger partial charge is 0.494 e. The van der Waals surface area contributed by atoms with Crippen LogP contribution in [0.15, 0.2) is 42.5 Å². The van der Waals surface area contributed by atoms with Crippen LogP contribution in [0.5, 0.6) is 5.75 Å². The van der Waals surface area contributed by atoms with Crippen molar-refractivity contribution < 1.29 is 13.9 Å². The number of ether oxygens (including phenoxy) is 1. The highest BCUT2D eigenvalue weighted by atomic mass is 35.5. The highest BCUT2D eigenvalue weighted by molar-refractivity contribution is 6.31. The van der Waals surface area contributed by atoms with E-state index in [0.29, 0.717) is 34.3 Å². The summed E-state index contributed by atoms with van der Waals surface area (Å²) in [5, 5.41) is 7.52. The maximum atomic E-state index is 14.8. The third-order valence-electron chi connectivity index (χ3n) is 6.24. The number of carbonyl (C=O) groups is 1. The van der Waals surface area contributed by atoms with Gasteiger partial charge in [-0.3, -0.25) is 4.79 Å². The van der Waals surface area contributed by atoms with Crippen molar-refractivity contribution in [2.75, 3.05) is 51.7 Å². The average Bonchev–Trinajstić information content (AvgIpc) is 3.10. The fourth-order valence-electron chi connectivity index (χ4n) is 4.07. The van der Waals surface area contributed by atoms with E-state index in [2.05, 4.69) is 27.3 Å². The highest BCUT2D eigenvalue weighted by Gasteiger charge is 2.16. The zero-order chi connectivity index (χ0) is 24.9. The molecule has 0 aliphatic carbocycles. The number of amides is 1. The van der Waals surface area contributed by atoms with E-state index in [1.807, 2.05) is 0 Å². The molecule has 186 valence electrons. The molecule has 2 aromatic carbocycles. The highest BCUT2D eigenvalue weighted by Crippen LogP contribution is 2.25. The molecule has 1 saturated heterocycles. The Balaban J connectivity index is 1.29. The first-order valence-electron chi connectivity index (χ1n) is 11.8. The van der Waals surface area contributed by atoms with Crippen LogP contribution in [0.2, 0.25) is 5.02 Å². The van der Waals surface area contributed by atoms with Gasteiger partial charge < -0.3 is 19.9 Å². The maximum absolute atomic E-state index is 14.8. The van der Waals surface area contributed by atoms with Gasteiger partial charge in [-0.1, -0.05) is 11.6 Å². The molecule has 2 heterocycles. The van der Waals surface area contributed by atoms with Gasteiger partial charge in [-0.05, 0) is 69.8 Å². The van der Waals surface area contributed by atoms with Crippen LogP contribution in [-0.2, 0) is 0 Å². The minimum atomic E-state index is -0.509. The lowest BCUT2D eigenvalue weighted by Crippen LogP contribution is -2.44. The molecule has 1 amide bonds. The molecular formula is C26H31ClFN5O2. The van der Waals surface area contributed by atoms with E-state index in [0.717, 1.165) is 44.9 Å². The second-order valence-electron chi connectivity index (χ2n) is 8.89. The van der Waals surface area contributed by atoms with Crippen molar-refractivity contribution in [3.8, 4) is 11.4 Å². The molecule has 4 rings (SSSR count). The lowest BCUT2D eigenvalue weighted by atomic mass is 10.2. The monoisotopic (exact) mass is 499 g/mol. The van der Waals surface area contributed by atoms with Gasteiger partial charge in [-0.25, -0.2) is 9.07 Å². The summed E-state index contributed by atoms with van der Waals surface area (Å²) in [7, 11) is 2.15. The molecule has 1 aromatic heterocycles. The van der Waals surface area contributed by atoms with Gasteiger partial charge in [-0.2, -0.15) is 5.10 Å². The summed E-state index contributed by atoms with van der Waals surface area (Å²) in [6.45, 7) is 9.62. The van der Waals surface area contributed by atoms with Crippen LogP contribution in [0.25, 0.3) is 5.69 Å². The molecule has 9 heteroatoms. The van der Waals surface area contributed by atoms with Gasteiger partial charge in [0.05, 0.1) is 23.0 Å². The maximum Gasteiger partial charge on any atom is 0.255 e. The number of benzene rings is 2. The molecule has 3 aromatic rings. The molecule has 1 fully saturated rings. The second kappa shape index (κ2) is 11.2. The molecule has 0 unspecified atom stereocenters. The van der Waals surface area contributed by atoms with Crippen molar-refractivity contribution >= 4 is 23.2 Å². The van der Waals surface area contributed by atoms with E-state index in [-0.39, 0.29) is 11.6 Å². The zero-order valence-electron chi connectivity index (χ0n) is 20.4. The van der Waals surface area contributed by atoms with Gasteiger partial charge in [0.15, 0.2) is 5.82 Å². The number of nitrogens with zero attached hydrogens (tertiary/aromatic N) is 4. The van der Waals surface area contributed by atoms with Gasteiger partial charge in [0, 0.05) is 44.0 Å². The number of piperazine rings is 1. The molecule has 0 bridgehead atoms. The average molecular weight is 500 g/mol. The van der Waals surface area contributed by atoms with Crippen molar-refractivity contribution in [1.29, 1.82) is 0 Å².